The summed E-state index contributed by atoms with van der Waals surface area (Å²) in [6.45, 7) is 2.32. The van der Waals surface area contributed by atoms with Crippen LogP contribution in [0.5, 0.6) is 0 Å². The van der Waals surface area contributed by atoms with Crippen LogP contribution in [0.1, 0.15) is 28.8 Å². The molecule has 2 aliphatic rings. The summed E-state index contributed by atoms with van der Waals surface area (Å²) in [6, 6.07) is 8.77. The van der Waals surface area contributed by atoms with E-state index in [0.29, 0.717) is 17.3 Å². The molecule has 0 bridgehead atoms. The van der Waals surface area contributed by atoms with Crippen molar-refractivity contribution in [2.75, 3.05) is 18.0 Å². The fourth-order valence-corrected chi connectivity index (χ4v) is 5.74. The molecule has 2 N–H and O–H groups in total. The first kappa shape index (κ1) is 20.6. The highest BCUT2D eigenvalue weighted by molar-refractivity contribution is 7.92. The van der Waals surface area contributed by atoms with Crippen molar-refractivity contribution in [3.8, 4) is 0 Å². The smallest absolute Gasteiger partial charge is 0.245 e. The van der Waals surface area contributed by atoms with Crippen molar-refractivity contribution in [1.29, 1.82) is 0 Å². The average Bonchev–Trinajstić information content (AvgIpc) is 3.17. The number of carbonyl (C=O) groups excluding carboxylic acids is 1. The minimum Gasteiger partial charge on any atom is -0.313 e. The van der Waals surface area contributed by atoms with Gasteiger partial charge in [0.1, 0.15) is 6.04 Å². The number of sulfonamides is 1. The van der Waals surface area contributed by atoms with E-state index in [4.69, 9.17) is 11.6 Å². The zero-order valence-corrected chi connectivity index (χ0v) is 18.1. The molecule has 0 spiro atoms. The molecule has 1 fully saturated rings. The molecule has 9 heteroatoms. The van der Waals surface area contributed by atoms with Crippen LogP contribution in [0.2, 0.25) is 4.34 Å². The second-order valence-electron chi connectivity index (χ2n) is 7.17. The van der Waals surface area contributed by atoms with E-state index in [0.717, 1.165) is 41.9 Å². The van der Waals surface area contributed by atoms with Gasteiger partial charge >= 0.3 is 0 Å². The highest BCUT2D eigenvalue weighted by Gasteiger charge is 2.35. The monoisotopic (exact) mass is 451 g/mol. The fourth-order valence-electron chi connectivity index (χ4n) is 3.67. The molecule has 4 rings (SSSR count). The third kappa shape index (κ3) is 4.90. The first-order valence-electron chi connectivity index (χ1n) is 9.51. The zero-order valence-electron chi connectivity index (χ0n) is 15.7. The lowest BCUT2D eigenvalue weighted by Gasteiger charge is -2.19. The quantitative estimate of drug-likeness (QED) is 0.732. The molecule has 6 nitrogen and oxygen atoms in total. The molecule has 1 saturated heterocycles. The van der Waals surface area contributed by atoms with E-state index in [1.165, 1.54) is 28.5 Å². The standard InChI is InChI=1S/C20H22ClN3O3S2/c21-19-6-5-17(28-19)8-11-29(26,27)23-18-7-10-24(20(18)25)16-4-3-15-13-22-9-1-2-14(15)12-16/h3-6,8,11-12,18,22-23H,1-2,7,9-10,13H2/t18-/m0/s1. The van der Waals surface area contributed by atoms with Gasteiger partial charge in [-0.1, -0.05) is 17.7 Å². The molecular weight excluding hydrogens is 430 g/mol. The van der Waals surface area contributed by atoms with E-state index in [9.17, 15) is 13.2 Å². The summed E-state index contributed by atoms with van der Waals surface area (Å²) in [6.07, 6.45) is 3.96. The van der Waals surface area contributed by atoms with Crippen LogP contribution in [0.3, 0.4) is 0 Å². The molecule has 1 atom stereocenters. The zero-order chi connectivity index (χ0) is 20.4. The Labute approximate surface area is 179 Å². The molecule has 0 radical (unpaired) electrons. The number of benzene rings is 1. The number of nitrogens with one attached hydrogen (secondary N) is 2. The molecule has 2 aliphatic heterocycles. The Morgan fingerprint density at radius 1 is 1.24 bits per heavy atom. The lowest BCUT2D eigenvalue weighted by atomic mass is 10.0. The van der Waals surface area contributed by atoms with Gasteiger partial charge in [-0.2, -0.15) is 4.72 Å². The Morgan fingerprint density at radius 3 is 2.90 bits per heavy atom. The summed E-state index contributed by atoms with van der Waals surface area (Å²) in [5.74, 6) is -0.215. The lowest BCUT2D eigenvalue weighted by Crippen LogP contribution is -2.40. The van der Waals surface area contributed by atoms with Crippen molar-refractivity contribution in [1.82, 2.24) is 10.0 Å². The Morgan fingerprint density at radius 2 is 2.10 bits per heavy atom. The number of amides is 1. The van der Waals surface area contributed by atoms with Gasteiger partial charge in [0.15, 0.2) is 0 Å². The molecule has 0 unspecified atom stereocenters. The molecule has 1 aromatic heterocycles. The Kier molecular flexibility index (Phi) is 6.08. The van der Waals surface area contributed by atoms with Crippen molar-refractivity contribution >= 4 is 50.6 Å². The second-order valence-corrected chi connectivity index (χ2v) is 10.5. The van der Waals surface area contributed by atoms with E-state index in [1.54, 1.807) is 17.0 Å². The average molecular weight is 452 g/mol. The van der Waals surface area contributed by atoms with Gasteiger partial charge in [0.05, 0.1) is 4.34 Å². The molecular formula is C20H22ClN3O3S2. The minimum atomic E-state index is -3.73. The summed E-state index contributed by atoms with van der Waals surface area (Å²) in [4.78, 5) is 15.3. The molecule has 154 valence electrons. The maximum absolute atomic E-state index is 12.8. The van der Waals surface area contributed by atoms with Crippen LogP contribution in [0.25, 0.3) is 6.08 Å². The predicted octanol–water partition coefficient (Wildman–Crippen LogP) is 3.13. The lowest BCUT2D eigenvalue weighted by molar-refractivity contribution is -0.118. The molecule has 0 saturated carbocycles. The number of hydrogen-bond acceptors (Lipinski definition) is 5. The summed E-state index contributed by atoms with van der Waals surface area (Å²) in [5, 5.41) is 4.47. The van der Waals surface area contributed by atoms with Crippen LogP contribution in [-0.2, 0) is 27.8 Å². The number of anilines is 1. The first-order chi connectivity index (χ1) is 13.9. The third-order valence-electron chi connectivity index (χ3n) is 5.13. The van der Waals surface area contributed by atoms with Crippen molar-refractivity contribution in [2.45, 2.75) is 31.8 Å². The molecule has 29 heavy (non-hydrogen) atoms. The minimum absolute atomic E-state index is 0.215. The van der Waals surface area contributed by atoms with Crippen molar-refractivity contribution in [3.05, 3.63) is 56.1 Å². The predicted molar refractivity (Wildman–Crippen MR) is 118 cm³/mol. The van der Waals surface area contributed by atoms with Crippen LogP contribution < -0.4 is 14.9 Å². The van der Waals surface area contributed by atoms with Crippen LogP contribution in [0, 0.1) is 0 Å². The molecule has 0 aliphatic carbocycles. The maximum Gasteiger partial charge on any atom is 0.245 e. The number of rotatable bonds is 5. The molecule has 2 aromatic rings. The number of nitrogens with zero attached hydrogens (tertiary/aromatic N) is 1. The van der Waals surface area contributed by atoms with Crippen molar-refractivity contribution < 1.29 is 13.2 Å². The Bertz CT molecular complexity index is 1050. The SMILES string of the molecule is O=C1[C@@H](NS(=O)(=O)C=Cc2ccc(Cl)s2)CCN1c1ccc2c(c1)CCCNC2. The third-order valence-corrected chi connectivity index (χ3v) is 7.44. The number of hydrogen-bond donors (Lipinski definition) is 2. The number of carbonyl (C=O) groups is 1. The van der Waals surface area contributed by atoms with Gasteiger partial charge in [-0.05, 0) is 67.3 Å². The van der Waals surface area contributed by atoms with Gasteiger partial charge in [0.2, 0.25) is 15.9 Å². The van der Waals surface area contributed by atoms with Gasteiger partial charge in [0, 0.05) is 29.1 Å². The number of aryl methyl sites for hydroxylation is 1. The number of fused-ring (bicyclic) bond motifs is 1. The normalized spacial score (nSPS) is 20.2. The summed E-state index contributed by atoms with van der Waals surface area (Å²) >= 11 is 7.15. The van der Waals surface area contributed by atoms with Gasteiger partial charge in [-0.25, -0.2) is 8.42 Å². The Balaban J connectivity index is 1.45. The van der Waals surface area contributed by atoms with E-state index in [2.05, 4.69) is 22.2 Å². The topological polar surface area (TPSA) is 78.5 Å². The highest BCUT2D eigenvalue weighted by Crippen LogP contribution is 2.27. The van der Waals surface area contributed by atoms with E-state index < -0.39 is 16.1 Å². The van der Waals surface area contributed by atoms with E-state index >= 15 is 0 Å². The van der Waals surface area contributed by atoms with Crippen LogP contribution >= 0.6 is 22.9 Å². The second kappa shape index (κ2) is 8.57. The fraction of sp³-hybridized carbons (Fsp3) is 0.350. The number of thiophene rings is 1. The molecule has 1 amide bonds. The summed E-state index contributed by atoms with van der Waals surface area (Å²) in [7, 11) is -3.73. The highest BCUT2D eigenvalue weighted by atomic mass is 35.5. The van der Waals surface area contributed by atoms with Crippen LogP contribution in [-0.4, -0.2) is 33.5 Å². The van der Waals surface area contributed by atoms with Crippen LogP contribution in [0.4, 0.5) is 5.69 Å². The van der Waals surface area contributed by atoms with Crippen molar-refractivity contribution in [3.63, 3.8) is 0 Å². The van der Waals surface area contributed by atoms with Gasteiger partial charge < -0.3 is 10.2 Å². The molecule has 3 heterocycles. The maximum atomic E-state index is 12.8. The van der Waals surface area contributed by atoms with Crippen LogP contribution in [0.15, 0.2) is 35.7 Å². The largest absolute Gasteiger partial charge is 0.313 e. The van der Waals surface area contributed by atoms with E-state index in [-0.39, 0.29) is 5.91 Å². The number of halogens is 1. The first-order valence-corrected chi connectivity index (χ1v) is 12.2. The van der Waals surface area contributed by atoms with Gasteiger partial charge in [-0.15, -0.1) is 11.3 Å². The molecule has 1 aromatic carbocycles. The van der Waals surface area contributed by atoms with Gasteiger partial charge in [0.25, 0.3) is 0 Å². The summed E-state index contributed by atoms with van der Waals surface area (Å²) < 4.78 is 27.9. The summed E-state index contributed by atoms with van der Waals surface area (Å²) in [5.41, 5.74) is 3.34. The van der Waals surface area contributed by atoms with Crippen molar-refractivity contribution in [2.24, 2.45) is 0 Å². The Hall–Kier alpha value is -1.71. The van der Waals surface area contributed by atoms with Gasteiger partial charge in [-0.3, -0.25) is 4.79 Å². The van der Waals surface area contributed by atoms with E-state index in [1.807, 2.05) is 6.07 Å².